The number of benzene rings is 1. The van der Waals surface area contributed by atoms with E-state index in [4.69, 9.17) is 10.1 Å². The summed E-state index contributed by atoms with van der Waals surface area (Å²) in [6.45, 7) is 0. The molecule has 0 atom stereocenters. The molecule has 19 heavy (non-hydrogen) atoms. The maximum Gasteiger partial charge on any atom is 0.166 e. The van der Waals surface area contributed by atoms with Gasteiger partial charge < -0.3 is 15.5 Å². The molecule has 0 heterocycles. The minimum absolute atomic E-state index is 0.0338. The molecule has 1 aromatic rings. The molecule has 0 amide bonds. The van der Waals surface area contributed by atoms with Gasteiger partial charge in [-0.25, -0.2) is 0 Å². The van der Waals surface area contributed by atoms with Gasteiger partial charge in [0.2, 0.25) is 0 Å². The summed E-state index contributed by atoms with van der Waals surface area (Å²) in [5.74, 6) is 0.733. The van der Waals surface area contributed by atoms with E-state index in [-0.39, 0.29) is 5.78 Å². The van der Waals surface area contributed by atoms with Crippen molar-refractivity contribution in [3.05, 3.63) is 35.4 Å². The highest BCUT2D eigenvalue weighted by atomic mass is 16.5. The summed E-state index contributed by atoms with van der Waals surface area (Å²) in [4.78, 5) is 12.1. The number of hydrogen-bond donors (Lipinski definition) is 2. The highest BCUT2D eigenvalue weighted by Crippen LogP contribution is 2.29. The fourth-order valence-electron chi connectivity index (χ4n) is 2.38. The normalized spacial score (nSPS) is 18.2. The van der Waals surface area contributed by atoms with Crippen LogP contribution in [-0.2, 0) is 4.79 Å². The van der Waals surface area contributed by atoms with E-state index < -0.39 is 0 Å². The van der Waals surface area contributed by atoms with E-state index in [1.807, 2.05) is 24.3 Å². The summed E-state index contributed by atoms with van der Waals surface area (Å²) in [5, 5.41) is 11.1. The first-order chi connectivity index (χ1) is 9.19. The lowest BCUT2D eigenvalue weighted by Crippen LogP contribution is -2.23. The monoisotopic (exact) mass is 258 g/mol. The van der Waals surface area contributed by atoms with Gasteiger partial charge in [0.05, 0.1) is 18.4 Å². The Kier molecular flexibility index (Phi) is 4.00. The summed E-state index contributed by atoms with van der Waals surface area (Å²) in [7, 11) is 3.37. The Hall–Kier alpha value is -2.10. The number of hydrogen-bond acceptors (Lipinski definition) is 4. The van der Waals surface area contributed by atoms with Crippen LogP contribution >= 0.6 is 0 Å². The highest BCUT2D eigenvalue weighted by molar-refractivity contribution is 6.27. The van der Waals surface area contributed by atoms with Crippen molar-refractivity contribution in [3.8, 4) is 5.75 Å². The van der Waals surface area contributed by atoms with Crippen molar-refractivity contribution in [3.63, 3.8) is 0 Å². The molecule has 1 aliphatic carbocycles. The zero-order valence-electron chi connectivity index (χ0n) is 11.2. The molecule has 1 aliphatic rings. The van der Waals surface area contributed by atoms with Crippen molar-refractivity contribution in [2.45, 2.75) is 19.3 Å². The second-order valence-electron chi connectivity index (χ2n) is 4.46. The Bertz CT molecular complexity index is 529. The first kappa shape index (κ1) is 13.3. The molecule has 0 aromatic heterocycles. The van der Waals surface area contributed by atoms with E-state index >= 15 is 0 Å². The summed E-state index contributed by atoms with van der Waals surface area (Å²) >= 11 is 0. The van der Waals surface area contributed by atoms with Gasteiger partial charge in [-0.3, -0.25) is 4.79 Å². The van der Waals surface area contributed by atoms with Crippen molar-refractivity contribution in [2.24, 2.45) is 0 Å². The van der Waals surface area contributed by atoms with Crippen molar-refractivity contribution in [1.29, 1.82) is 5.41 Å². The van der Waals surface area contributed by atoms with Crippen molar-refractivity contribution >= 4 is 17.2 Å². The Morgan fingerprint density at radius 2 is 2.05 bits per heavy atom. The molecular formula is C15H18N2O2. The van der Waals surface area contributed by atoms with Crippen LogP contribution in [0.25, 0.3) is 5.70 Å². The lowest BCUT2D eigenvalue weighted by molar-refractivity contribution is -0.115. The molecule has 1 fully saturated rings. The molecule has 0 unspecified atom stereocenters. The zero-order valence-corrected chi connectivity index (χ0v) is 11.2. The minimum atomic E-state index is 0.0338. The van der Waals surface area contributed by atoms with Gasteiger partial charge in [-0.05, 0) is 25.0 Å². The number of carbonyl (C=O) groups is 1. The Morgan fingerprint density at radius 1 is 1.32 bits per heavy atom. The Morgan fingerprint density at radius 3 is 2.68 bits per heavy atom. The predicted molar refractivity (Wildman–Crippen MR) is 75.6 cm³/mol. The maximum absolute atomic E-state index is 12.1. The molecule has 4 heteroatoms. The summed E-state index contributed by atoms with van der Waals surface area (Å²) in [6.07, 6.45) is 1.93. The molecule has 100 valence electrons. The number of Topliss-reactive ketones (excluding diaryl/α,β-unsaturated/α-hetero) is 1. The van der Waals surface area contributed by atoms with Gasteiger partial charge in [0.25, 0.3) is 0 Å². The number of methoxy groups -OCH3 is 1. The third-order valence-electron chi connectivity index (χ3n) is 3.29. The molecule has 4 nitrogen and oxygen atoms in total. The van der Waals surface area contributed by atoms with Crippen LogP contribution in [-0.4, -0.2) is 25.7 Å². The van der Waals surface area contributed by atoms with Gasteiger partial charge in [0.15, 0.2) is 5.78 Å². The van der Waals surface area contributed by atoms with E-state index in [1.165, 1.54) is 0 Å². The lowest BCUT2D eigenvalue weighted by Gasteiger charge is -2.20. The van der Waals surface area contributed by atoms with Gasteiger partial charge >= 0.3 is 0 Å². The fraction of sp³-hybridized carbons (Fsp3) is 0.333. The second kappa shape index (κ2) is 5.69. The quantitative estimate of drug-likeness (QED) is 0.818. The highest BCUT2D eigenvalue weighted by Gasteiger charge is 2.25. The number of allylic oxidation sites excluding steroid dienone is 1. The zero-order chi connectivity index (χ0) is 13.8. The molecule has 0 radical (unpaired) electrons. The standard InChI is InChI=1S/C15H18N2O2/c1-17-15(10-6-3-4-9-13(10)19-2)14-11(16)7-5-8-12(14)18/h3-4,6,9,16-17H,5,7-8H2,1-2H3/b15-14+,16-11?. The van der Waals surface area contributed by atoms with E-state index in [0.29, 0.717) is 35.6 Å². The first-order valence-corrected chi connectivity index (χ1v) is 6.35. The Balaban J connectivity index is 2.60. The number of rotatable bonds is 3. The largest absolute Gasteiger partial charge is 0.496 e. The first-order valence-electron chi connectivity index (χ1n) is 6.35. The van der Waals surface area contributed by atoms with Crippen LogP contribution in [0.1, 0.15) is 24.8 Å². The number of para-hydroxylation sites is 1. The van der Waals surface area contributed by atoms with Crippen LogP contribution in [0.3, 0.4) is 0 Å². The molecule has 2 rings (SSSR count). The van der Waals surface area contributed by atoms with Gasteiger partial charge in [-0.15, -0.1) is 0 Å². The van der Waals surface area contributed by atoms with Crippen LogP contribution in [0.4, 0.5) is 0 Å². The third-order valence-corrected chi connectivity index (χ3v) is 3.29. The number of nitrogens with one attached hydrogen (secondary N) is 2. The number of carbonyl (C=O) groups excluding carboxylic acids is 1. The van der Waals surface area contributed by atoms with Crippen LogP contribution in [0.2, 0.25) is 0 Å². The van der Waals surface area contributed by atoms with Crippen molar-refractivity contribution in [1.82, 2.24) is 5.32 Å². The van der Waals surface area contributed by atoms with Gasteiger partial charge in [-0.1, -0.05) is 12.1 Å². The molecule has 2 N–H and O–H groups in total. The van der Waals surface area contributed by atoms with E-state index in [2.05, 4.69) is 5.32 Å². The van der Waals surface area contributed by atoms with Gasteiger partial charge in [-0.2, -0.15) is 0 Å². The van der Waals surface area contributed by atoms with Crippen LogP contribution in [0.15, 0.2) is 29.8 Å². The molecular weight excluding hydrogens is 240 g/mol. The van der Waals surface area contributed by atoms with Gasteiger partial charge in [0.1, 0.15) is 5.75 Å². The number of ether oxygens (including phenoxy) is 1. The molecule has 0 aliphatic heterocycles. The third kappa shape index (κ3) is 2.52. The SMILES string of the molecule is CN/C(=C1\C(=N)CCCC1=O)c1ccccc1OC. The Labute approximate surface area is 113 Å². The van der Waals surface area contributed by atoms with Crippen LogP contribution < -0.4 is 10.1 Å². The molecule has 0 bridgehead atoms. The average Bonchev–Trinajstić information content (AvgIpc) is 2.43. The second-order valence-corrected chi connectivity index (χ2v) is 4.46. The average molecular weight is 258 g/mol. The van der Waals surface area contributed by atoms with Crippen LogP contribution in [0, 0.1) is 5.41 Å². The van der Waals surface area contributed by atoms with Crippen LogP contribution in [0.5, 0.6) is 5.75 Å². The number of ketones is 1. The topological polar surface area (TPSA) is 62.2 Å². The van der Waals surface area contributed by atoms with E-state index in [1.54, 1.807) is 14.2 Å². The fourth-order valence-corrected chi connectivity index (χ4v) is 2.38. The molecule has 0 saturated heterocycles. The maximum atomic E-state index is 12.1. The molecule has 1 aromatic carbocycles. The molecule has 1 saturated carbocycles. The summed E-state index contributed by atoms with van der Waals surface area (Å²) < 4.78 is 5.33. The predicted octanol–water partition coefficient (Wildman–Crippen LogP) is 2.40. The lowest BCUT2D eigenvalue weighted by atomic mass is 9.88. The van der Waals surface area contributed by atoms with Gasteiger partial charge in [0, 0.05) is 24.7 Å². The molecule has 0 spiro atoms. The summed E-state index contributed by atoms with van der Waals surface area (Å²) in [6, 6.07) is 7.53. The summed E-state index contributed by atoms with van der Waals surface area (Å²) in [5.41, 5.74) is 2.42. The minimum Gasteiger partial charge on any atom is -0.496 e. The van der Waals surface area contributed by atoms with E-state index in [0.717, 1.165) is 12.0 Å². The van der Waals surface area contributed by atoms with Crippen molar-refractivity contribution < 1.29 is 9.53 Å². The van der Waals surface area contributed by atoms with E-state index in [9.17, 15) is 4.79 Å². The smallest absolute Gasteiger partial charge is 0.166 e. The van der Waals surface area contributed by atoms with Crippen molar-refractivity contribution in [2.75, 3.05) is 14.2 Å².